The molecule has 2 fully saturated rings. The molecule has 0 saturated carbocycles. The van der Waals surface area contributed by atoms with E-state index in [0.717, 1.165) is 19.3 Å². The summed E-state index contributed by atoms with van der Waals surface area (Å²) < 4.78 is 56.3. The van der Waals surface area contributed by atoms with Crippen LogP contribution in [-0.4, -0.2) is 57.4 Å². The molecule has 2 aliphatic rings. The lowest BCUT2D eigenvalue weighted by Crippen LogP contribution is -2.33. The third-order valence-corrected chi connectivity index (χ3v) is 10.0. The van der Waals surface area contributed by atoms with Crippen LogP contribution in [0.1, 0.15) is 50.5 Å². The summed E-state index contributed by atoms with van der Waals surface area (Å²) in [6.45, 7) is 0. The molecule has 4 atom stereocenters. The van der Waals surface area contributed by atoms with Gasteiger partial charge in [0.25, 0.3) is 0 Å². The highest BCUT2D eigenvalue weighted by molar-refractivity contribution is 7.92. The number of hydrogen-bond donors (Lipinski definition) is 1. The van der Waals surface area contributed by atoms with Crippen LogP contribution in [0.2, 0.25) is 0 Å². The Morgan fingerprint density at radius 3 is 2.30 bits per heavy atom. The molecule has 0 unspecified atom stereocenters. The van der Waals surface area contributed by atoms with E-state index in [1.54, 1.807) is 24.3 Å². The zero-order chi connectivity index (χ0) is 23.9. The Kier molecular flexibility index (Phi) is 9.12. The minimum absolute atomic E-state index is 0.0322. The van der Waals surface area contributed by atoms with Crippen LogP contribution in [0.4, 0.5) is 0 Å². The van der Waals surface area contributed by atoms with E-state index in [-0.39, 0.29) is 59.9 Å². The van der Waals surface area contributed by atoms with Crippen LogP contribution in [0.3, 0.4) is 0 Å². The van der Waals surface area contributed by atoms with Crippen molar-refractivity contribution in [1.82, 2.24) is 0 Å². The molecule has 0 radical (unpaired) electrons. The van der Waals surface area contributed by atoms with Crippen molar-refractivity contribution in [3.05, 3.63) is 48.0 Å². The summed E-state index contributed by atoms with van der Waals surface area (Å²) >= 11 is 0. The molecule has 2 heterocycles. The topological polar surface area (TPSA) is 115 Å². The zero-order valence-corrected chi connectivity index (χ0v) is 20.5. The van der Waals surface area contributed by atoms with Crippen LogP contribution >= 0.6 is 0 Å². The van der Waals surface area contributed by atoms with Crippen LogP contribution in [0.5, 0.6) is 0 Å². The molecule has 9 heteroatoms. The van der Waals surface area contributed by atoms with Gasteiger partial charge >= 0.3 is 5.97 Å². The van der Waals surface area contributed by atoms with E-state index in [0.29, 0.717) is 18.4 Å². The molecule has 0 aromatic heterocycles. The Hall–Kier alpha value is -1.71. The lowest BCUT2D eigenvalue weighted by molar-refractivity contribution is -0.137. The van der Waals surface area contributed by atoms with Gasteiger partial charge in [-0.05, 0) is 50.0 Å². The van der Waals surface area contributed by atoms with Gasteiger partial charge in [0, 0.05) is 12.3 Å². The predicted molar refractivity (Wildman–Crippen MR) is 127 cm³/mol. The monoisotopic (exact) mass is 498 g/mol. The van der Waals surface area contributed by atoms with Gasteiger partial charge < -0.3 is 9.84 Å². The van der Waals surface area contributed by atoms with Crippen LogP contribution in [-0.2, 0) is 35.0 Å². The van der Waals surface area contributed by atoms with Crippen LogP contribution in [0, 0.1) is 11.8 Å². The number of benzene rings is 1. The maximum Gasteiger partial charge on any atom is 0.303 e. The first-order valence-electron chi connectivity index (χ1n) is 11.6. The Bertz CT molecular complexity index is 1020. The van der Waals surface area contributed by atoms with Crippen LogP contribution in [0.25, 0.3) is 0 Å². The highest BCUT2D eigenvalue weighted by Crippen LogP contribution is 2.45. The number of carboxylic acids is 1. The van der Waals surface area contributed by atoms with Gasteiger partial charge in [0.2, 0.25) is 0 Å². The number of allylic oxidation sites excluding steroid dienone is 2. The minimum Gasteiger partial charge on any atom is -0.481 e. The van der Waals surface area contributed by atoms with E-state index >= 15 is 0 Å². The van der Waals surface area contributed by atoms with E-state index < -0.39 is 25.6 Å². The number of unbranched alkanes of at least 4 members (excludes halogenated alkanes) is 1. The molecule has 2 saturated heterocycles. The Morgan fingerprint density at radius 1 is 0.939 bits per heavy atom. The summed E-state index contributed by atoms with van der Waals surface area (Å²) in [4.78, 5) is 10.6. The normalized spacial score (nSPS) is 25.1. The molecule has 0 spiro atoms. The number of aliphatic carboxylic acids is 1. The molecule has 1 aromatic rings. The van der Waals surface area contributed by atoms with Gasteiger partial charge in [0.1, 0.15) is 0 Å². The van der Waals surface area contributed by atoms with Gasteiger partial charge in [0.15, 0.2) is 19.7 Å². The van der Waals surface area contributed by atoms with Crippen molar-refractivity contribution in [3.63, 3.8) is 0 Å². The molecule has 7 nitrogen and oxygen atoms in total. The van der Waals surface area contributed by atoms with Crippen molar-refractivity contribution in [2.24, 2.45) is 11.8 Å². The van der Waals surface area contributed by atoms with Crippen molar-refractivity contribution < 1.29 is 31.5 Å². The maximum absolute atomic E-state index is 12.8. The molecule has 3 rings (SSSR count). The first-order valence-corrected chi connectivity index (χ1v) is 15.3. The number of hydrogen-bond acceptors (Lipinski definition) is 6. The molecule has 2 bridgehead atoms. The van der Waals surface area contributed by atoms with E-state index in [4.69, 9.17) is 9.84 Å². The number of rotatable bonds is 14. The number of fused-ring (bicyclic) bond motifs is 2. The first kappa shape index (κ1) is 25.9. The van der Waals surface area contributed by atoms with Gasteiger partial charge in [-0.25, -0.2) is 16.8 Å². The molecule has 2 aliphatic heterocycles. The van der Waals surface area contributed by atoms with Gasteiger partial charge in [-0.1, -0.05) is 42.5 Å². The van der Waals surface area contributed by atoms with Crippen molar-refractivity contribution in [3.8, 4) is 0 Å². The number of sulfone groups is 2. The van der Waals surface area contributed by atoms with Crippen molar-refractivity contribution in [2.75, 3.05) is 17.3 Å². The maximum atomic E-state index is 12.8. The van der Waals surface area contributed by atoms with Crippen molar-refractivity contribution in [1.29, 1.82) is 0 Å². The highest BCUT2D eigenvalue weighted by atomic mass is 32.2. The molecule has 184 valence electrons. The van der Waals surface area contributed by atoms with Crippen LogP contribution < -0.4 is 0 Å². The van der Waals surface area contributed by atoms with Gasteiger partial charge in [-0.3, -0.25) is 4.79 Å². The van der Waals surface area contributed by atoms with E-state index in [1.807, 2.05) is 18.2 Å². The van der Waals surface area contributed by atoms with E-state index in [2.05, 4.69) is 0 Å². The number of carbonyl (C=O) groups is 1. The molecule has 0 amide bonds. The summed E-state index contributed by atoms with van der Waals surface area (Å²) in [5.74, 6) is -1.06. The molecule has 0 aliphatic carbocycles. The summed E-state index contributed by atoms with van der Waals surface area (Å²) in [6.07, 6.45) is 8.08. The largest absolute Gasteiger partial charge is 0.481 e. The van der Waals surface area contributed by atoms with Crippen molar-refractivity contribution >= 4 is 25.6 Å². The van der Waals surface area contributed by atoms with Gasteiger partial charge in [0.05, 0.1) is 35.2 Å². The highest BCUT2D eigenvalue weighted by Gasteiger charge is 2.49. The lowest BCUT2D eigenvalue weighted by atomic mass is 9.78. The summed E-state index contributed by atoms with van der Waals surface area (Å²) in [7, 11) is -6.76. The lowest BCUT2D eigenvalue weighted by Gasteiger charge is -2.27. The third-order valence-electron chi connectivity index (χ3n) is 6.51. The van der Waals surface area contributed by atoms with Gasteiger partial charge in [-0.15, -0.1) is 0 Å². The predicted octanol–water partition coefficient (Wildman–Crippen LogP) is 3.40. The Labute approximate surface area is 197 Å². The second-order valence-corrected chi connectivity index (χ2v) is 13.6. The SMILES string of the molecule is O=C(O)CCCC=CC[C@@H]1[C@@H](CS(=O)(=O)CCCS(=O)(=O)Cc2ccccc2)[C@@H]2CC[C@H]1O2. The first-order chi connectivity index (χ1) is 15.7. The summed E-state index contributed by atoms with van der Waals surface area (Å²) in [5.41, 5.74) is 0.707. The molecule has 1 aromatic carbocycles. The second kappa shape index (κ2) is 11.6. The zero-order valence-electron chi connectivity index (χ0n) is 18.8. The van der Waals surface area contributed by atoms with Gasteiger partial charge in [-0.2, -0.15) is 0 Å². The Morgan fingerprint density at radius 2 is 1.61 bits per heavy atom. The second-order valence-electron chi connectivity index (χ2n) is 9.16. The van der Waals surface area contributed by atoms with E-state index in [1.165, 1.54) is 0 Å². The van der Waals surface area contributed by atoms with Crippen molar-refractivity contribution in [2.45, 2.75) is 62.9 Å². The Balaban J connectivity index is 1.48. The molecular formula is C24H34O7S2. The fourth-order valence-corrected chi connectivity index (χ4v) is 8.36. The standard InChI is InChI=1S/C24H34O7S2/c25-24(26)12-7-2-1-6-11-20-21(23-14-13-22(20)31-23)18-33(29,30)16-8-15-32(27,28)17-19-9-4-3-5-10-19/h1,3-6,9-10,20-23H,2,7-8,11-18H2,(H,25,26)/t20-,21-,22-,23+/m1/s1. The molecule has 1 N–H and O–H groups in total. The smallest absolute Gasteiger partial charge is 0.303 e. The van der Waals surface area contributed by atoms with Crippen LogP contribution in [0.15, 0.2) is 42.5 Å². The molecule has 33 heavy (non-hydrogen) atoms. The quantitative estimate of drug-likeness (QED) is 0.309. The summed E-state index contributed by atoms with van der Waals surface area (Å²) in [6, 6.07) is 8.90. The number of ether oxygens (including phenoxy) is 1. The average Bonchev–Trinajstić information content (AvgIpc) is 3.32. The molecular weight excluding hydrogens is 464 g/mol. The summed E-state index contributed by atoms with van der Waals surface area (Å²) in [5, 5.41) is 8.70. The third kappa shape index (κ3) is 8.22. The minimum atomic E-state index is -3.40. The number of carboxylic acid groups (broad SMARTS) is 1. The van der Waals surface area contributed by atoms with E-state index in [9.17, 15) is 21.6 Å². The fourth-order valence-electron chi connectivity index (χ4n) is 4.95. The average molecular weight is 499 g/mol. The fraction of sp³-hybridized carbons (Fsp3) is 0.625.